The van der Waals surface area contributed by atoms with E-state index in [-0.39, 0.29) is 25.2 Å². The smallest absolute Gasteiger partial charge is 0.344 e. The Bertz CT molecular complexity index is 880. The summed E-state index contributed by atoms with van der Waals surface area (Å²) in [4.78, 5) is 24.1. The van der Waals surface area contributed by atoms with Gasteiger partial charge in [-0.05, 0) is 68.4 Å². The number of nitrogens with one attached hydrogen (secondary N) is 1. The SMILES string of the molecule is CCOc1ccccc1OCC(=O)OCC(=O)NC(C)c1ccc2c(c1)CCCC2. The number of carbonyl (C=O) groups excluding carboxylic acids is 2. The van der Waals surface area contributed by atoms with Gasteiger partial charge in [-0.1, -0.05) is 30.3 Å². The van der Waals surface area contributed by atoms with Crippen molar-refractivity contribution in [3.8, 4) is 11.5 Å². The van der Waals surface area contributed by atoms with Gasteiger partial charge in [0.2, 0.25) is 0 Å². The third kappa shape index (κ3) is 5.99. The highest BCUT2D eigenvalue weighted by Gasteiger charge is 2.15. The molecule has 0 bridgehead atoms. The molecule has 0 saturated heterocycles. The van der Waals surface area contributed by atoms with Crippen LogP contribution < -0.4 is 14.8 Å². The molecular weight excluding hydrogens is 382 g/mol. The zero-order chi connectivity index (χ0) is 21.3. The molecule has 1 atom stereocenters. The molecule has 2 aromatic rings. The van der Waals surface area contributed by atoms with Gasteiger partial charge in [-0.2, -0.15) is 0 Å². The molecule has 0 heterocycles. The number of para-hydroxylation sites is 2. The largest absolute Gasteiger partial charge is 0.490 e. The average Bonchev–Trinajstić information content (AvgIpc) is 2.77. The van der Waals surface area contributed by atoms with Gasteiger partial charge in [0.1, 0.15) is 0 Å². The molecule has 0 radical (unpaired) electrons. The normalized spacial score (nSPS) is 13.7. The molecule has 1 aliphatic carbocycles. The summed E-state index contributed by atoms with van der Waals surface area (Å²) in [5.41, 5.74) is 3.84. The second kappa shape index (κ2) is 10.7. The summed E-state index contributed by atoms with van der Waals surface area (Å²) in [6.45, 7) is 3.66. The number of hydrogen-bond donors (Lipinski definition) is 1. The van der Waals surface area contributed by atoms with Crippen LogP contribution in [0.3, 0.4) is 0 Å². The van der Waals surface area contributed by atoms with Crippen LogP contribution in [0.2, 0.25) is 0 Å². The van der Waals surface area contributed by atoms with Crippen molar-refractivity contribution in [3.05, 3.63) is 59.2 Å². The maximum Gasteiger partial charge on any atom is 0.344 e. The second-order valence-corrected chi connectivity index (χ2v) is 7.35. The van der Waals surface area contributed by atoms with Crippen molar-refractivity contribution < 1.29 is 23.8 Å². The first-order valence-corrected chi connectivity index (χ1v) is 10.5. The number of esters is 1. The Morgan fingerprint density at radius 2 is 1.67 bits per heavy atom. The Hall–Kier alpha value is -3.02. The van der Waals surface area contributed by atoms with E-state index in [1.54, 1.807) is 18.2 Å². The predicted octanol–water partition coefficient (Wildman–Crippen LogP) is 3.76. The van der Waals surface area contributed by atoms with Crippen LogP contribution in [0, 0.1) is 0 Å². The lowest BCUT2D eigenvalue weighted by atomic mass is 9.89. The standard InChI is InChI=1S/C24H29NO5/c1-3-28-21-10-6-7-11-22(21)29-16-24(27)30-15-23(26)25-17(2)19-13-12-18-8-4-5-9-20(18)14-19/h6-7,10-14,17H,3-5,8-9,15-16H2,1-2H3,(H,25,26). The second-order valence-electron chi connectivity index (χ2n) is 7.35. The minimum Gasteiger partial charge on any atom is -0.490 e. The highest BCUT2D eigenvalue weighted by Crippen LogP contribution is 2.26. The molecule has 160 valence electrons. The zero-order valence-electron chi connectivity index (χ0n) is 17.6. The molecule has 30 heavy (non-hydrogen) atoms. The summed E-state index contributed by atoms with van der Waals surface area (Å²) in [6.07, 6.45) is 4.67. The Balaban J connectivity index is 1.43. The molecule has 2 aromatic carbocycles. The van der Waals surface area contributed by atoms with Crippen molar-refractivity contribution in [2.24, 2.45) is 0 Å². The van der Waals surface area contributed by atoms with Crippen molar-refractivity contribution in [2.45, 2.75) is 45.6 Å². The van der Waals surface area contributed by atoms with Crippen LogP contribution in [0.5, 0.6) is 11.5 Å². The number of amides is 1. The van der Waals surface area contributed by atoms with Gasteiger partial charge in [-0.25, -0.2) is 4.79 Å². The molecule has 3 rings (SSSR count). The monoisotopic (exact) mass is 411 g/mol. The number of aryl methyl sites for hydroxylation is 2. The Kier molecular flexibility index (Phi) is 7.71. The minimum absolute atomic E-state index is 0.155. The van der Waals surface area contributed by atoms with Gasteiger partial charge >= 0.3 is 5.97 Å². The molecule has 1 amide bonds. The molecular formula is C24H29NO5. The number of rotatable bonds is 9. The van der Waals surface area contributed by atoms with Gasteiger partial charge in [0.15, 0.2) is 24.7 Å². The van der Waals surface area contributed by atoms with E-state index in [0.29, 0.717) is 18.1 Å². The fourth-order valence-corrected chi connectivity index (χ4v) is 3.56. The van der Waals surface area contributed by atoms with E-state index in [1.165, 1.54) is 24.0 Å². The lowest BCUT2D eigenvalue weighted by Gasteiger charge is -2.20. The maximum atomic E-state index is 12.2. The minimum atomic E-state index is -0.613. The quantitative estimate of drug-likeness (QED) is 0.636. The van der Waals surface area contributed by atoms with Gasteiger partial charge in [0, 0.05) is 0 Å². The van der Waals surface area contributed by atoms with E-state index in [4.69, 9.17) is 14.2 Å². The van der Waals surface area contributed by atoms with Crippen molar-refractivity contribution in [3.63, 3.8) is 0 Å². The molecule has 6 heteroatoms. The number of hydrogen-bond acceptors (Lipinski definition) is 5. The van der Waals surface area contributed by atoms with Gasteiger partial charge in [0.05, 0.1) is 12.6 Å². The number of carbonyl (C=O) groups is 2. The summed E-state index contributed by atoms with van der Waals surface area (Å²) >= 11 is 0. The predicted molar refractivity (Wildman–Crippen MR) is 114 cm³/mol. The molecule has 0 fully saturated rings. The third-order valence-corrected chi connectivity index (χ3v) is 5.11. The summed E-state index contributed by atoms with van der Waals surface area (Å²) in [7, 11) is 0. The first-order valence-electron chi connectivity index (χ1n) is 10.5. The molecule has 0 aromatic heterocycles. The Morgan fingerprint density at radius 1 is 0.967 bits per heavy atom. The summed E-state index contributed by atoms with van der Waals surface area (Å²) in [6, 6.07) is 13.3. The van der Waals surface area contributed by atoms with Crippen LogP contribution in [-0.2, 0) is 27.2 Å². The first kappa shape index (κ1) is 21.7. The highest BCUT2D eigenvalue weighted by atomic mass is 16.6. The lowest BCUT2D eigenvalue weighted by molar-refractivity contribution is -0.150. The first-order chi connectivity index (χ1) is 14.6. The van der Waals surface area contributed by atoms with Gasteiger partial charge in [-0.15, -0.1) is 0 Å². The molecule has 0 spiro atoms. The average molecular weight is 411 g/mol. The summed E-state index contributed by atoms with van der Waals surface area (Å²) in [5, 5.41) is 2.88. The number of ether oxygens (including phenoxy) is 3. The van der Waals surface area contributed by atoms with E-state index in [2.05, 4.69) is 23.5 Å². The lowest BCUT2D eigenvalue weighted by Crippen LogP contribution is -2.32. The Morgan fingerprint density at radius 3 is 2.40 bits per heavy atom. The highest BCUT2D eigenvalue weighted by molar-refractivity contribution is 5.81. The van der Waals surface area contributed by atoms with E-state index >= 15 is 0 Å². The topological polar surface area (TPSA) is 73.9 Å². The fourth-order valence-electron chi connectivity index (χ4n) is 3.56. The van der Waals surface area contributed by atoms with Crippen molar-refractivity contribution in [1.29, 1.82) is 0 Å². The summed E-state index contributed by atoms with van der Waals surface area (Å²) in [5.74, 6) is 0.0624. The van der Waals surface area contributed by atoms with Crippen LogP contribution in [0.25, 0.3) is 0 Å². The maximum absolute atomic E-state index is 12.2. The molecule has 0 saturated carbocycles. The number of fused-ring (bicyclic) bond motifs is 1. The molecule has 1 unspecified atom stereocenters. The van der Waals surface area contributed by atoms with E-state index in [0.717, 1.165) is 18.4 Å². The van der Waals surface area contributed by atoms with Gasteiger partial charge < -0.3 is 19.5 Å². The van der Waals surface area contributed by atoms with Crippen LogP contribution in [0.15, 0.2) is 42.5 Å². The third-order valence-electron chi connectivity index (χ3n) is 5.11. The van der Waals surface area contributed by atoms with Crippen LogP contribution in [0.4, 0.5) is 0 Å². The van der Waals surface area contributed by atoms with E-state index in [9.17, 15) is 9.59 Å². The molecule has 1 aliphatic rings. The Labute approximate surface area is 177 Å². The van der Waals surface area contributed by atoms with Gasteiger partial charge in [0.25, 0.3) is 5.91 Å². The van der Waals surface area contributed by atoms with Crippen LogP contribution >= 0.6 is 0 Å². The van der Waals surface area contributed by atoms with Crippen molar-refractivity contribution >= 4 is 11.9 Å². The molecule has 1 N–H and O–H groups in total. The van der Waals surface area contributed by atoms with Crippen LogP contribution in [0.1, 0.15) is 49.4 Å². The fraction of sp³-hybridized carbons (Fsp3) is 0.417. The van der Waals surface area contributed by atoms with Crippen molar-refractivity contribution in [2.75, 3.05) is 19.8 Å². The van der Waals surface area contributed by atoms with Crippen LogP contribution in [-0.4, -0.2) is 31.7 Å². The van der Waals surface area contributed by atoms with Crippen molar-refractivity contribution in [1.82, 2.24) is 5.32 Å². The van der Waals surface area contributed by atoms with E-state index in [1.807, 2.05) is 19.9 Å². The molecule has 0 aliphatic heterocycles. The molecule has 6 nitrogen and oxygen atoms in total. The van der Waals surface area contributed by atoms with E-state index < -0.39 is 5.97 Å². The van der Waals surface area contributed by atoms with Gasteiger partial charge in [-0.3, -0.25) is 4.79 Å². The number of benzene rings is 2. The zero-order valence-corrected chi connectivity index (χ0v) is 17.6. The summed E-state index contributed by atoms with van der Waals surface area (Å²) < 4.78 is 15.9.